The van der Waals surface area contributed by atoms with Crippen molar-refractivity contribution in [3.05, 3.63) is 23.4 Å². The van der Waals surface area contributed by atoms with Gasteiger partial charge in [0.15, 0.2) is 0 Å². The second kappa shape index (κ2) is 5.08. The van der Waals surface area contributed by atoms with Crippen LogP contribution in [0.15, 0.2) is 12.1 Å². The van der Waals surface area contributed by atoms with Crippen LogP contribution in [0.2, 0.25) is 0 Å². The molecule has 2 fully saturated rings. The Hall–Kier alpha value is -1.58. The fraction of sp³-hybridized carbons (Fsp3) is 0.625. The third kappa shape index (κ3) is 2.94. The van der Waals surface area contributed by atoms with Gasteiger partial charge in [-0.1, -0.05) is 13.8 Å². The van der Waals surface area contributed by atoms with E-state index in [1.165, 1.54) is 12.8 Å². The summed E-state index contributed by atoms with van der Waals surface area (Å²) < 4.78 is 0. The first kappa shape index (κ1) is 13.4. The Labute approximate surface area is 120 Å². The summed E-state index contributed by atoms with van der Waals surface area (Å²) in [5.74, 6) is 1.59. The molecule has 4 heteroatoms. The molecule has 20 heavy (non-hydrogen) atoms. The Morgan fingerprint density at radius 1 is 1.35 bits per heavy atom. The number of hydrogen-bond acceptors (Lipinski definition) is 3. The lowest BCUT2D eigenvalue weighted by molar-refractivity contribution is 0.0734. The molecule has 0 atom stereocenters. The highest BCUT2D eigenvalue weighted by Crippen LogP contribution is 2.35. The fourth-order valence-electron chi connectivity index (χ4n) is 2.52. The van der Waals surface area contributed by atoms with Crippen LogP contribution < -0.4 is 5.73 Å². The lowest BCUT2D eigenvalue weighted by Crippen LogP contribution is -2.35. The number of carbonyl (C=O) groups is 1. The molecular formula is C16H23N3O. The minimum Gasteiger partial charge on any atom is -0.384 e. The van der Waals surface area contributed by atoms with E-state index in [-0.39, 0.29) is 11.8 Å². The van der Waals surface area contributed by atoms with Gasteiger partial charge < -0.3 is 10.6 Å². The van der Waals surface area contributed by atoms with E-state index in [9.17, 15) is 4.79 Å². The smallest absolute Gasteiger partial charge is 0.254 e. The summed E-state index contributed by atoms with van der Waals surface area (Å²) in [5, 5.41) is 0. The molecule has 0 bridgehead atoms. The second-order valence-corrected chi connectivity index (χ2v) is 6.49. The highest BCUT2D eigenvalue weighted by molar-refractivity contribution is 5.95. The molecule has 0 unspecified atom stereocenters. The lowest BCUT2D eigenvalue weighted by atomic mass is 10.1. The minimum absolute atomic E-state index is 0.135. The van der Waals surface area contributed by atoms with Crippen LogP contribution in [0.3, 0.4) is 0 Å². The lowest BCUT2D eigenvalue weighted by Gasteiger charge is -2.23. The average molecular weight is 273 g/mol. The van der Waals surface area contributed by atoms with Crippen LogP contribution in [0.1, 0.15) is 61.5 Å². The second-order valence-electron chi connectivity index (χ2n) is 6.49. The van der Waals surface area contributed by atoms with Crippen LogP contribution in [0, 0.1) is 5.92 Å². The SMILES string of the molecule is CC(C)c1cc(C(=O)N(CC2CC2)C2CC2)cc(N)n1. The van der Waals surface area contributed by atoms with Crippen molar-refractivity contribution in [2.45, 2.75) is 51.5 Å². The number of anilines is 1. The van der Waals surface area contributed by atoms with Gasteiger partial charge in [0, 0.05) is 23.8 Å². The van der Waals surface area contributed by atoms with Gasteiger partial charge in [0.2, 0.25) is 0 Å². The predicted octanol–water partition coefficient (Wildman–Crippen LogP) is 2.80. The van der Waals surface area contributed by atoms with E-state index in [1.54, 1.807) is 6.07 Å². The van der Waals surface area contributed by atoms with Gasteiger partial charge in [-0.25, -0.2) is 4.98 Å². The number of nitrogens with two attached hydrogens (primary N) is 1. The Kier molecular flexibility index (Phi) is 3.40. The van der Waals surface area contributed by atoms with Gasteiger partial charge in [0.1, 0.15) is 5.82 Å². The molecule has 0 saturated heterocycles. The van der Waals surface area contributed by atoms with Crippen LogP contribution >= 0.6 is 0 Å². The molecule has 3 rings (SSSR count). The van der Waals surface area contributed by atoms with Crippen LogP contribution in [0.25, 0.3) is 0 Å². The summed E-state index contributed by atoms with van der Waals surface area (Å²) in [4.78, 5) is 19.1. The predicted molar refractivity (Wildman–Crippen MR) is 79.5 cm³/mol. The Morgan fingerprint density at radius 3 is 2.60 bits per heavy atom. The van der Waals surface area contributed by atoms with E-state index in [0.29, 0.717) is 17.4 Å². The summed E-state index contributed by atoms with van der Waals surface area (Å²) in [6.07, 6.45) is 4.84. The molecule has 1 aromatic rings. The molecule has 2 saturated carbocycles. The number of aromatic nitrogens is 1. The molecule has 1 heterocycles. The number of rotatable bonds is 5. The van der Waals surface area contributed by atoms with Crippen molar-refractivity contribution < 1.29 is 4.79 Å². The van der Waals surface area contributed by atoms with Crippen molar-refractivity contribution in [1.82, 2.24) is 9.88 Å². The fourth-order valence-corrected chi connectivity index (χ4v) is 2.52. The normalized spacial score (nSPS) is 18.4. The van der Waals surface area contributed by atoms with E-state index < -0.39 is 0 Å². The van der Waals surface area contributed by atoms with Crippen molar-refractivity contribution >= 4 is 11.7 Å². The number of carbonyl (C=O) groups excluding carboxylic acids is 1. The number of hydrogen-bond donors (Lipinski definition) is 1. The maximum Gasteiger partial charge on any atom is 0.254 e. The maximum absolute atomic E-state index is 12.8. The molecule has 0 radical (unpaired) electrons. The number of nitrogen functional groups attached to an aromatic ring is 1. The highest BCUT2D eigenvalue weighted by Gasteiger charge is 2.37. The molecule has 0 aromatic carbocycles. The first-order valence-corrected chi connectivity index (χ1v) is 7.63. The summed E-state index contributed by atoms with van der Waals surface area (Å²) in [7, 11) is 0. The zero-order valence-corrected chi connectivity index (χ0v) is 12.3. The first-order valence-electron chi connectivity index (χ1n) is 7.63. The molecule has 4 nitrogen and oxygen atoms in total. The van der Waals surface area contributed by atoms with Crippen LogP contribution in [-0.4, -0.2) is 28.4 Å². The number of nitrogens with zero attached hydrogens (tertiary/aromatic N) is 2. The van der Waals surface area contributed by atoms with Crippen molar-refractivity contribution in [2.75, 3.05) is 12.3 Å². The van der Waals surface area contributed by atoms with Gasteiger partial charge in [0.25, 0.3) is 5.91 Å². The van der Waals surface area contributed by atoms with Gasteiger partial charge in [0.05, 0.1) is 0 Å². The third-order valence-corrected chi connectivity index (χ3v) is 4.10. The Balaban J connectivity index is 1.83. The molecule has 108 valence electrons. The Morgan fingerprint density at radius 2 is 2.05 bits per heavy atom. The number of pyridine rings is 1. The van der Waals surface area contributed by atoms with Gasteiger partial charge in [-0.2, -0.15) is 0 Å². The van der Waals surface area contributed by atoms with Crippen LogP contribution in [0.5, 0.6) is 0 Å². The van der Waals surface area contributed by atoms with Gasteiger partial charge in [-0.05, 0) is 49.7 Å². The largest absolute Gasteiger partial charge is 0.384 e. The highest BCUT2D eigenvalue weighted by atomic mass is 16.2. The molecule has 0 aliphatic heterocycles. The molecule has 1 aromatic heterocycles. The van der Waals surface area contributed by atoms with E-state index in [1.807, 2.05) is 6.07 Å². The third-order valence-electron chi connectivity index (χ3n) is 4.10. The standard InChI is InChI=1S/C16H23N3O/c1-10(2)14-7-12(8-15(17)18-14)16(20)19(13-5-6-13)9-11-3-4-11/h7-8,10-11,13H,3-6,9H2,1-2H3,(H2,17,18). The molecule has 2 aliphatic carbocycles. The zero-order valence-electron chi connectivity index (χ0n) is 12.3. The van der Waals surface area contributed by atoms with E-state index in [2.05, 4.69) is 23.7 Å². The monoisotopic (exact) mass is 273 g/mol. The minimum atomic E-state index is 0.135. The molecule has 2 aliphatic rings. The van der Waals surface area contributed by atoms with Crippen LogP contribution in [-0.2, 0) is 0 Å². The van der Waals surface area contributed by atoms with Gasteiger partial charge >= 0.3 is 0 Å². The van der Waals surface area contributed by atoms with Gasteiger partial charge in [-0.3, -0.25) is 4.79 Å². The summed E-state index contributed by atoms with van der Waals surface area (Å²) in [6.45, 7) is 5.06. The van der Waals surface area contributed by atoms with Crippen molar-refractivity contribution in [2.24, 2.45) is 5.92 Å². The first-order chi connectivity index (χ1) is 9.54. The molecular weight excluding hydrogens is 250 g/mol. The summed E-state index contributed by atoms with van der Waals surface area (Å²) in [5.41, 5.74) is 7.46. The van der Waals surface area contributed by atoms with Crippen molar-refractivity contribution in [1.29, 1.82) is 0 Å². The molecule has 1 amide bonds. The molecule has 0 spiro atoms. The van der Waals surface area contributed by atoms with Crippen LogP contribution in [0.4, 0.5) is 5.82 Å². The average Bonchev–Trinajstić information content (AvgIpc) is 3.26. The van der Waals surface area contributed by atoms with Crippen molar-refractivity contribution in [3.8, 4) is 0 Å². The maximum atomic E-state index is 12.8. The van der Waals surface area contributed by atoms with E-state index >= 15 is 0 Å². The number of amides is 1. The summed E-state index contributed by atoms with van der Waals surface area (Å²) >= 11 is 0. The zero-order chi connectivity index (χ0) is 14.3. The van der Waals surface area contributed by atoms with Gasteiger partial charge in [-0.15, -0.1) is 0 Å². The van der Waals surface area contributed by atoms with E-state index in [4.69, 9.17) is 5.73 Å². The quantitative estimate of drug-likeness (QED) is 0.897. The molecule has 2 N–H and O–H groups in total. The van der Waals surface area contributed by atoms with Crippen molar-refractivity contribution in [3.63, 3.8) is 0 Å². The topological polar surface area (TPSA) is 59.2 Å². The van der Waals surface area contributed by atoms with E-state index in [0.717, 1.165) is 31.0 Å². The summed E-state index contributed by atoms with van der Waals surface area (Å²) in [6, 6.07) is 4.09. The Bertz CT molecular complexity index is 518.